The molecule has 0 radical (unpaired) electrons. The van der Waals surface area contributed by atoms with Crippen molar-refractivity contribution in [3.8, 4) is 0 Å². The highest BCUT2D eigenvalue weighted by Crippen LogP contribution is 2.32. The molecule has 94 valence electrons. The second-order valence-electron chi connectivity index (χ2n) is 4.83. The topological polar surface area (TPSA) is 0 Å². The minimum Gasteiger partial charge on any atom is -0.204 e. The maximum atomic E-state index is 13.5. The van der Waals surface area contributed by atoms with E-state index in [1.54, 1.807) is 12.1 Å². The Morgan fingerprint density at radius 1 is 1.18 bits per heavy atom. The highest BCUT2D eigenvalue weighted by molar-refractivity contribution is 9.09. The SMILES string of the molecule is Fc1cccc(CC(Br)C2CCCCC2)c1F. The number of hydrogen-bond donors (Lipinski definition) is 0. The van der Waals surface area contributed by atoms with E-state index in [0.29, 0.717) is 17.9 Å². The predicted octanol–water partition coefficient (Wildman–Crippen LogP) is 4.85. The molecule has 1 fully saturated rings. The van der Waals surface area contributed by atoms with Crippen molar-refractivity contribution >= 4 is 15.9 Å². The summed E-state index contributed by atoms with van der Waals surface area (Å²) < 4.78 is 26.6. The van der Waals surface area contributed by atoms with E-state index < -0.39 is 11.6 Å². The van der Waals surface area contributed by atoms with Crippen LogP contribution in [-0.4, -0.2) is 4.83 Å². The molecule has 3 heteroatoms. The molecule has 0 aliphatic heterocycles. The first-order chi connectivity index (χ1) is 8.18. The molecule has 17 heavy (non-hydrogen) atoms. The largest absolute Gasteiger partial charge is 0.204 e. The van der Waals surface area contributed by atoms with Crippen molar-refractivity contribution in [3.05, 3.63) is 35.4 Å². The van der Waals surface area contributed by atoms with Crippen LogP contribution in [0.1, 0.15) is 37.7 Å². The summed E-state index contributed by atoms with van der Waals surface area (Å²) in [4.78, 5) is 0.263. The molecule has 0 heterocycles. The highest BCUT2D eigenvalue weighted by atomic mass is 79.9. The van der Waals surface area contributed by atoms with Crippen LogP contribution in [-0.2, 0) is 6.42 Å². The average Bonchev–Trinajstić information content (AvgIpc) is 2.36. The van der Waals surface area contributed by atoms with E-state index in [0.717, 1.165) is 0 Å². The van der Waals surface area contributed by atoms with E-state index in [9.17, 15) is 8.78 Å². The summed E-state index contributed by atoms with van der Waals surface area (Å²) in [6, 6.07) is 4.42. The summed E-state index contributed by atoms with van der Waals surface area (Å²) in [6.45, 7) is 0. The monoisotopic (exact) mass is 302 g/mol. The Labute approximate surface area is 110 Å². The van der Waals surface area contributed by atoms with Crippen LogP contribution in [0, 0.1) is 17.6 Å². The Morgan fingerprint density at radius 3 is 2.59 bits per heavy atom. The van der Waals surface area contributed by atoms with Crippen molar-refractivity contribution in [1.29, 1.82) is 0 Å². The number of benzene rings is 1. The Kier molecular flexibility index (Phi) is 4.55. The molecule has 1 unspecified atom stereocenters. The van der Waals surface area contributed by atoms with E-state index in [2.05, 4.69) is 15.9 Å². The zero-order valence-electron chi connectivity index (χ0n) is 9.76. The van der Waals surface area contributed by atoms with E-state index in [-0.39, 0.29) is 4.83 Å². The quantitative estimate of drug-likeness (QED) is 0.700. The zero-order chi connectivity index (χ0) is 12.3. The first-order valence-electron chi connectivity index (χ1n) is 6.25. The minimum atomic E-state index is -0.745. The third-order valence-electron chi connectivity index (χ3n) is 3.61. The third kappa shape index (κ3) is 3.27. The van der Waals surface area contributed by atoms with Gasteiger partial charge in [0.25, 0.3) is 0 Å². The fraction of sp³-hybridized carbons (Fsp3) is 0.571. The lowest BCUT2D eigenvalue weighted by molar-refractivity contribution is 0.348. The molecule has 1 saturated carbocycles. The van der Waals surface area contributed by atoms with Gasteiger partial charge in [0.15, 0.2) is 11.6 Å². The number of rotatable bonds is 3. The molecule has 0 N–H and O–H groups in total. The van der Waals surface area contributed by atoms with Crippen LogP contribution in [0.5, 0.6) is 0 Å². The Morgan fingerprint density at radius 2 is 1.88 bits per heavy atom. The van der Waals surface area contributed by atoms with Crippen molar-refractivity contribution < 1.29 is 8.78 Å². The molecule has 0 amide bonds. The molecular formula is C14H17BrF2. The summed E-state index contributed by atoms with van der Waals surface area (Å²) >= 11 is 3.65. The normalized spacial score (nSPS) is 19.2. The fourth-order valence-corrected chi connectivity index (χ4v) is 3.46. The molecule has 1 atom stereocenters. The van der Waals surface area contributed by atoms with Crippen molar-refractivity contribution in [2.75, 3.05) is 0 Å². The maximum Gasteiger partial charge on any atom is 0.162 e. The van der Waals surface area contributed by atoms with Gasteiger partial charge in [0.05, 0.1) is 0 Å². The van der Waals surface area contributed by atoms with Gasteiger partial charge in [-0.1, -0.05) is 47.3 Å². The maximum absolute atomic E-state index is 13.5. The zero-order valence-corrected chi connectivity index (χ0v) is 11.3. The molecule has 0 bridgehead atoms. The highest BCUT2D eigenvalue weighted by Gasteiger charge is 2.23. The summed E-state index contributed by atoms with van der Waals surface area (Å²) in [7, 11) is 0. The van der Waals surface area contributed by atoms with Gasteiger partial charge >= 0.3 is 0 Å². The summed E-state index contributed by atoms with van der Waals surface area (Å²) in [6.07, 6.45) is 6.81. The smallest absolute Gasteiger partial charge is 0.162 e. The molecule has 0 saturated heterocycles. The molecule has 0 nitrogen and oxygen atoms in total. The third-order valence-corrected chi connectivity index (χ3v) is 4.68. The molecule has 0 spiro atoms. The molecule has 1 aromatic rings. The summed E-state index contributed by atoms with van der Waals surface area (Å²) in [5.41, 5.74) is 0.484. The van der Waals surface area contributed by atoms with Gasteiger partial charge in [-0.3, -0.25) is 0 Å². The van der Waals surface area contributed by atoms with E-state index >= 15 is 0 Å². The Hall–Kier alpha value is -0.440. The van der Waals surface area contributed by atoms with Crippen LogP contribution in [0.4, 0.5) is 8.78 Å². The van der Waals surface area contributed by atoms with Gasteiger partial charge < -0.3 is 0 Å². The molecular weight excluding hydrogens is 286 g/mol. The molecule has 2 rings (SSSR count). The van der Waals surface area contributed by atoms with Crippen molar-refractivity contribution in [3.63, 3.8) is 0 Å². The van der Waals surface area contributed by atoms with Gasteiger partial charge in [0.2, 0.25) is 0 Å². The van der Waals surface area contributed by atoms with E-state index in [4.69, 9.17) is 0 Å². The van der Waals surface area contributed by atoms with Gasteiger partial charge in [0, 0.05) is 4.83 Å². The van der Waals surface area contributed by atoms with Crippen LogP contribution in [0.2, 0.25) is 0 Å². The van der Waals surface area contributed by atoms with Crippen LogP contribution < -0.4 is 0 Å². The molecule has 1 aliphatic carbocycles. The Balaban J connectivity index is 2.01. The summed E-state index contributed by atoms with van der Waals surface area (Å²) in [5, 5.41) is 0. The van der Waals surface area contributed by atoms with E-state index in [1.807, 2.05) is 0 Å². The lowest BCUT2D eigenvalue weighted by atomic mass is 9.85. The predicted molar refractivity (Wildman–Crippen MR) is 69.4 cm³/mol. The van der Waals surface area contributed by atoms with Gasteiger partial charge in [-0.25, -0.2) is 8.78 Å². The van der Waals surface area contributed by atoms with Crippen molar-refractivity contribution in [2.24, 2.45) is 5.92 Å². The number of hydrogen-bond acceptors (Lipinski definition) is 0. The molecule has 1 aliphatic rings. The van der Waals surface area contributed by atoms with Gasteiger partial charge in [0.1, 0.15) is 0 Å². The standard InChI is InChI=1S/C14H17BrF2/c15-12(10-5-2-1-3-6-10)9-11-7-4-8-13(16)14(11)17/h4,7-8,10,12H,1-3,5-6,9H2. The lowest BCUT2D eigenvalue weighted by Crippen LogP contribution is -2.20. The second kappa shape index (κ2) is 5.94. The fourth-order valence-electron chi connectivity index (χ4n) is 2.58. The first kappa shape index (κ1) is 13.0. The van der Waals surface area contributed by atoms with Crippen molar-refractivity contribution in [2.45, 2.75) is 43.4 Å². The lowest BCUT2D eigenvalue weighted by Gasteiger charge is -2.26. The van der Waals surface area contributed by atoms with Gasteiger partial charge in [-0.15, -0.1) is 0 Å². The number of alkyl halides is 1. The van der Waals surface area contributed by atoms with Crippen LogP contribution >= 0.6 is 15.9 Å². The molecule has 0 aromatic heterocycles. The minimum absolute atomic E-state index is 0.263. The average molecular weight is 303 g/mol. The molecule has 1 aromatic carbocycles. The summed E-state index contributed by atoms with van der Waals surface area (Å²) in [5.74, 6) is -0.829. The Bertz CT molecular complexity index is 372. The van der Waals surface area contributed by atoms with Crippen LogP contribution in [0.3, 0.4) is 0 Å². The van der Waals surface area contributed by atoms with E-state index in [1.165, 1.54) is 38.2 Å². The second-order valence-corrected chi connectivity index (χ2v) is 6.01. The van der Waals surface area contributed by atoms with Gasteiger partial charge in [-0.05, 0) is 36.8 Å². The van der Waals surface area contributed by atoms with Gasteiger partial charge in [-0.2, -0.15) is 0 Å². The van der Waals surface area contributed by atoms with Crippen LogP contribution in [0.25, 0.3) is 0 Å². The van der Waals surface area contributed by atoms with Crippen LogP contribution in [0.15, 0.2) is 18.2 Å². The van der Waals surface area contributed by atoms with Crippen molar-refractivity contribution in [1.82, 2.24) is 0 Å². The number of halogens is 3. The first-order valence-corrected chi connectivity index (χ1v) is 7.17.